The number of amides is 3. The van der Waals surface area contributed by atoms with Crippen LogP contribution >= 0.6 is 0 Å². The standard InChI is InChI=1S/C23H20N2O5/c26-20-15-7-3-4-8-16(15)21(27)25(20)12-19-14-6-2-1-5-13(14)9-10-24(19)22(28)17-11-18(17)23(29)30/h1-8,17-19H,9-12H2,(H,29,30)/t17-,18+,19-/m1/s1. The number of nitrogens with zero attached hydrogens (tertiary/aromatic N) is 2. The van der Waals surface area contributed by atoms with Gasteiger partial charge in [0.25, 0.3) is 11.8 Å². The number of carbonyl (C=O) groups is 4. The van der Waals surface area contributed by atoms with Gasteiger partial charge in [-0.05, 0) is 36.1 Å². The van der Waals surface area contributed by atoms with Crippen LogP contribution in [0.25, 0.3) is 0 Å². The van der Waals surface area contributed by atoms with Crippen molar-refractivity contribution in [1.82, 2.24) is 9.80 Å². The summed E-state index contributed by atoms with van der Waals surface area (Å²) in [5.41, 5.74) is 2.73. The summed E-state index contributed by atoms with van der Waals surface area (Å²) in [4.78, 5) is 53.0. The van der Waals surface area contributed by atoms with Gasteiger partial charge in [0.2, 0.25) is 5.91 Å². The minimum absolute atomic E-state index is 0.0551. The van der Waals surface area contributed by atoms with E-state index in [0.717, 1.165) is 11.1 Å². The maximum atomic E-state index is 13.1. The first-order valence-electron chi connectivity index (χ1n) is 10.0. The summed E-state index contributed by atoms with van der Waals surface area (Å²) in [5.74, 6) is -3.06. The summed E-state index contributed by atoms with van der Waals surface area (Å²) in [7, 11) is 0. The van der Waals surface area contributed by atoms with Crippen LogP contribution in [0.2, 0.25) is 0 Å². The first-order valence-corrected chi connectivity index (χ1v) is 10.0. The molecule has 7 nitrogen and oxygen atoms in total. The van der Waals surface area contributed by atoms with Gasteiger partial charge in [-0.1, -0.05) is 36.4 Å². The van der Waals surface area contributed by atoms with Gasteiger partial charge in [-0.3, -0.25) is 24.1 Å². The Balaban J connectivity index is 1.47. The van der Waals surface area contributed by atoms with Gasteiger partial charge in [0.15, 0.2) is 0 Å². The maximum absolute atomic E-state index is 13.1. The average Bonchev–Trinajstić information content (AvgIpc) is 3.53. The lowest BCUT2D eigenvalue weighted by Gasteiger charge is -2.39. The van der Waals surface area contributed by atoms with Gasteiger partial charge in [-0.2, -0.15) is 0 Å². The minimum atomic E-state index is -0.956. The second-order valence-electron chi connectivity index (χ2n) is 8.05. The molecule has 1 fully saturated rings. The zero-order valence-corrected chi connectivity index (χ0v) is 16.2. The molecule has 1 aliphatic carbocycles. The number of hydrogen-bond acceptors (Lipinski definition) is 4. The molecule has 5 rings (SSSR count). The maximum Gasteiger partial charge on any atom is 0.307 e. The average molecular weight is 404 g/mol. The molecule has 7 heteroatoms. The fraction of sp³-hybridized carbons (Fsp3) is 0.304. The predicted molar refractivity (Wildman–Crippen MR) is 106 cm³/mol. The van der Waals surface area contributed by atoms with Crippen LogP contribution in [0.3, 0.4) is 0 Å². The van der Waals surface area contributed by atoms with Crippen molar-refractivity contribution in [2.75, 3.05) is 13.1 Å². The van der Waals surface area contributed by atoms with Crippen LogP contribution in [0, 0.1) is 11.8 Å². The second-order valence-corrected chi connectivity index (χ2v) is 8.05. The van der Waals surface area contributed by atoms with Crippen LogP contribution in [0.1, 0.15) is 44.3 Å². The molecule has 0 saturated heterocycles. The van der Waals surface area contributed by atoms with Crippen LogP contribution in [0.15, 0.2) is 48.5 Å². The molecule has 1 N–H and O–H groups in total. The van der Waals surface area contributed by atoms with Crippen molar-refractivity contribution in [3.8, 4) is 0 Å². The van der Waals surface area contributed by atoms with E-state index in [-0.39, 0.29) is 24.3 Å². The van der Waals surface area contributed by atoms with Crippen molar-refractivity contribution in [2.45, 2.75) is 18.9 Å². The van der Waals surface area contributed by atoms with E-state index in [4.69, 9.17) is 0 Å². The predicted octanol–water partition coefficient (Wildman–Crippen LogP) is 2.13. The van der Waals surface area contributed by atoms with Gasteiger partial charge in [0, 0.05) is 6.54 Å². The number of rotatable bonds is 4. The Kier molecular flexibility index (Phi) is 4.20. The molecular formula is C23H20N2O5. The van der Waals surface area contributed by atoms with Gasteiger partial charge in [-0.15, -0.1) is 0 Å². The largest absolute Gasteiger partial charge is 0.481 e. The summed E-state index contributed by atoms with van der Waals surface area (Å²) < 4.78 is 0. The van der Waals surface area contributed by atoms with E-state index < -0.39 is 23.8 Å². The Bertz CT molecular complexity index is 1060. The molecule has 0 unspecified atom stereocenters. The SMILES string of the molecule is O=C(O)[C@H]1C[C@H]1C(=O)N1CCc2ccccc2[C@H]1CN1C(=O)c2ccccc2C1=O. The number of carboxylic acids is 1. The highest BCUT2D eigenvalue weighted by molar-refractivity contribution is 6.21. The fourth-order valence-corrected chi connectivity index (χ4v) is 4.64. The lowest BCUT2D eigenvalue weighted by atomic mass is 9.91. The van der Waals surface area contributed by atoms with Crippen molar-refractivity contribution in [3.63, 3.8) is 0 Å². The summed E-state index contributed by atoms with van der Waals surface area (Å²) in [6, 6.07) is 13.9. The smallest absolute Gasteiger partial charge is 0.307 e. The summed E-state index contributed by atoms with van der Waals surface area (Å²) in [5, 5.41) is 9.23. The van der Waals surface area contributed by atoms with Crippen molar-refractivity contribution in [1.29, 1.82) is 0 Å². The van der Waals surface area contributed by atoms with Crippen molar-refractivity contribution >= 4 is 23.7 Å². The lowest BCUT2D eigenvalue weighted by Crippen LogP contribution is -2.47. The second kappa shape index (κ2) is 6.79. The molecule has 1 saturated carbocycles. The van der Waals surface area contributed by atoms with Crippen molar-refractivity contribution in [2.24, 2.45) is 11.8 Å². The molecule has 0 bridgehead atoms. The van der Waals surface area contributed by atoms with Gasteiger partial charge >= 0.3 is 5.97 Å². The molecule has 152 valence electrons. The van der Waals surface area contributed by atoms with E-state index in [1.165, 1.54) is 4.90 Å². The highest BCUT2D eigenvalue weighted by atomic mass is 16.4. The highest BCUT2D eigenvalue weighted by Gasteiger charge is 2.51. The van der Waals surface area contributed by atoms with Crippen LogP contribution in [0.5, 0.6) is 0 Å². The molecule has 3 aliphatic rings. The number of imide groups is 1. The highest BCUT2D eigenvalue weighted by Crippen LogP contribution is 2.43. The number of carbonyl (C=O) groups excluding carboxylic acids is 3. The Morgan fingerprint density at radius 1 is 0.933 bits per heavy atom. The molecule has 2 aliphatic heterocycles. The molecule has 0 aromatic heterocycles. The van der Waals surface area contributed by atoms with E-state index in [1.807, 2.05) is 24.3 Å². The van der Waals surface area contributed by atoms with Gasteiger partial charge < -0.3 is 10.0 Å². The first-order chi connectivity index (χ1) is 14.5. The Labute approximate surface area is 172 Å². The Hall–Kier alpha value is -3.48. The third-order valence-corrected chi connectivity index (χ3v) is 6.35. The molecule has 2 aromatic rings. The Morgan fingerprint density at radius 3 is 2.20 bits per heavy atom. The number of hydrogen-bond donors (Lipinski definition) is 1. The van der Waals surface area contributed by atoms with E-state index in [2.05, 4.69) is 0 Å². The first kappa shape index (κ1) is 18.5. The Morgan fingerprint density at radius 2 is 1.57 bits per heavy atom. The number of benzene rings is 2. The molecule has 0 radical (unpaired) electrons. The van der Waals surface area contributed by atoms with Crippen molar-refractivity contribution in [3.05, 3.63) is 70.8 Å². The summed E-state index contributed by atoms with van der Waals surface area (Å²) >= 11 is 0. The molecule has 3 atom stereocenters. The molecule has 2 heterocycles. The zero-order chi connectivity index (χ0) is 21.0. The van der Waals surface area contributed by atoms with Gasteiger partial charge in [-0.25, -0.2) is 0 Å². The van der Waals surface area contributed by atoms with E-state index in [1.54, 1.807) is 29.2 Å². The minimum Gasteiger partial charge on any atom is -0.481 e. The quantitative estimate of drug-likeness (QED) is 0.788. The van der Waals surface area contributed by atoms with Gasteiger partial charge in [0.05, 0.1) is 35.5 Å². The lowest BCUT2D eigenvalue weighted by molar-refractivity contribution is -0.143. The van der Waals surface area contributed by atoms with E-state index >= 15 is 0 Å². The third kappa shape index (κ3) is 2.81. The van der Waals surface area contributed by atoms with E-state index in [9.17, 15) is 24.3 Å². The monoisotopic (exact) mass is 404 g/mol. The third-order valence-electron chi connectivity index (χ3n) is 6.35. The number of fused-ring (bicyclic) bond motifs is 2. The zero-order valence-electron chi connectivity index (χ0n) is 16.2. The van der Waals surface area contributed by atoms with Gasteiger partial charge in [0.1, 0.15) is 0 Å². The van der Waals surface area contributed by atoms with Crippen LogP contribution < -0.4 is 0 Å². The molecule has 3 amide bonds. The summed E-state index contributed by atoms with van der Waals surface area (Å²) in [6.45, 7) is 0.492. The molecule has 30 heavy (non-hydrogen) atoms. The van der Waals surface area contributed by atoms with Crippen LogP contribution in [0.4, 0.5) is 0 Å². The topological polar surface area (TPSA) is 95.0 Å². The number of carboxylic acid groups (broad SMARTS) is 1. The molecular weight excluding hydrogens is 384 g/mol. The molecule has 0 spiro atoms. The van der Waals surface area contributed by atoms with Crippen LogP contribution in [-0.2, 0) is 16.0 Å². The normalized spacial score (nSPS) is 24.5. The molecule has 2 aromatic carbocycles. The van der Waals surface area contributed by atoms with Crippen LogP contribution in [-0.4, -0.2) is 51.7 Å². The summed E-state index contributed by atoms with van der Waals surface area (Å²) in [6.07, 6.45) is 0.997. The van der Waals surface area contributed by atoms with E-state index in [0.29, 0.717) is 30.5 Å². The fourth-order valence-electron chi connectivity index (χ4n) is 4.64. The van der Waals surface area contributed by atoms with Crippen molar-refractivity contribution < 1.29 is 24.3 Å². The number of aliphatic carboxylic acids is 1.